The minimum Gasteiger partial charge on any atom is -0.478 e. The lowest BCUT2D eigenvalue weighted by Gasteiger charge is -2.38. The van der Waals surface area contributed by atoms with Gasteiger partial charge in [0.25, 0.3) is 0 Å². The molecule has 0 fully saturated rings. The van der Waals surface area contributed by atoms with Crippen molar-refractivity contribution in [1.82, 2.24) is 10.2 Å². The molecular weight excluding hydrogens is 256 g/mol. The molecule has 1 amide bonds. The summed E-state index contributed by atoms with van der Waals surface area (Å²) in [6, 6.07) is 0. The molecule has 0 aliphatic carbocycles. The maximum absolute atomic E-state index is 11.1. The van der Waals surface area contributed by atoms with Crippen LogP contribution < -0.4 is 5.32 Å². The largest absolute Gasteiger partial charge is 0.478 e. The van der Waals surface area contributed by atoms with Gasteiger partial charge in [0.1, 0.15) is 12.3 Å². The Morgan fingerprint density at radius 2 is 2.21 bits per heavy atom. The molecule has 0 aromatic carbocycles. The van der Waals surface area contributed by atoms with E-state index in [4.69, 9.17) is 10.2 Å². The molecule has 8 nitrogen and oxygen atoms in total. The Morgan fingerprint density at radius 1 is 1.58 bits per heavy atom. The number of carboxylic acids is 1. The van der Waals surface area contributed by atoms with Crippen molar-refractivity contribution in [3.05, 3.63) is 11.6 Å². The molecule has 3 atom stereocenters. The highest BCUT2D eigenvalue weighted by molar-refractivity contribution is 5.87. The van der Waals surface area contributed by atoms with Gasteiger partial charge in [-0.2, -0.15) is 0 Å². The average Bonchev–Trinajstić information content (AvgIpc) is 2.32. The van der Waals surface area contributed by atoms with E-state index in [0.29, 0.717) is 0 Å². The van der Waals surface area contributed by atoms with E-state index in [-0.39, 0.29) is 24.6 Å². The quantitative estimate of drug-likeness (QED) is 0.374. The molecule has 0 aromatic heterocycles. The number of nitrogens with zero attached hydrogens (tertiary/aromatic N) is 1. The number of hydrogen-bond acceptors (Lipinski definition) is 6. The van der Waals surface area contributed by atoms with Gasteiger partial charge in [-0.15, -0.1) is 0 Å². The zero-order valence-corrected chi connectivity index (χ0v) is 10.5. The minimum absolute atomic E-state index is 0.0285. The molecule has 0 saturated carbocycles. The molecule has 1 heterocycles. The van der Waals surface area contributed by atoms with Crippen LogP contribution in [-0.4, -0.2) is 75.3 Å². The summed E-state index contributed by atoms with van der Waals surface area (Å²) in [4.78, 5) is 23.4. The maximum Gasteiger partial charge on any atom is 0.332 e. The van der Waals surface area contributed by atoms with E-state index in [2.05, 4.69) is 5.32 Å². The molecule has 0 radical (unpaired) electrons. The van der Waals surface area contributed by atoms with Gasteiger partial charge in [-0.1, -0.05) is 0 Å². The zero-order valence-electron chi connectivity index (χ0n) is 10.5. The third kappa shape index (κ3) is 4.28. The first kappa shape index (κ1) is 15.6. The number of aliphatic hydroxyl groups excluding tert-OH is 3. The van der Waals surface area contributed by atoms with Crippen molar-refractivity contribution >= 4 is 11.9 Å². The highest BCUT2D eigenvalue weighted by atomic mass is 16.4. The third-order valence-electron chi connectivity index (χ3n) is 2.74. The van der Waals surface area contributed by atoms with Gasteiger partial charge in [0.05, 0.1) is 12.7 Å². The summed E-state index contributed by atoms with van der Waals surface area (Å²) in [5.74, 6) is -1.57. The Kier molecular flexibility index (Phi) is 5.43. The second-order valence-corrected chi connectivity index (χ2v) is 4.40. The molecule has 19 heavy (non-hydrogen) atoms. The van der Waals surface area contributed by atoms with Crippen molar-refractivity contribution in [3.63, 3.8) is 0 Å². The average molecular weight is 274 g/mol. The predicted molar refractivity (Wildman–Crippen MR) is 64.0 cm³/mol. The fourth-order valence-electron chi connectivity index (χ4n) is 1.91. The number of β-amino-alcohol motifs (C(OH)–C–C–N with tert-alkyl or cyclic N) is 1. The molecule has 8 heteroatoms. The number of nitrogens with one attached hydrogen (secondary N) is 1. The van der Waals surface area contributed by atoms with Gasteiger partial charge in [-0.05, 0) is 6.08 Å². The fourth-order valence-corrected chi connectivity index (χ4v) is 1.91. The van der Waals surface area contributed by atoms with Crippen LogP contribution in [0.3, 0.4) is 0 Å². The van der Waals surface area contributed by atoms with E-state index in [9.17, 15) is 19.8 Å². The van der Waals surface area contributed by atoms with Crippen LogP contribution in [0, 0.1) is 0 Å². The number of hydrogen-bond donors (Lipinski definition) is 5. The van der Waals surface area contributed by atoms with Gasteiger partial charge in [0.2, 0.25) is 5.91 Å². The van der Waals surface area contributed by atoms with E-state index in [1.54, 1.807) is 0 Å². The summed E-state index contributed by atoms with van der Waals surface area (Å²) >= 11 is 0. The second kappa shape index (κ2) is 6.62. The first-order chi connectivity index (χ1) is 8.85. The van der Waals surface area contributed by atoms with Gasteiger partial charge < -0.3 is 25.7 Å². The molecule has 1 aliphatic heterocycles. The van der Waals surface area contributed by atoms with Crippen molar-refractivity contribution in [2.24, 2.45) is 0 Å². The molecule has 1 aliphatic rings. The van der Waals surface area contributed by atoms with Crippen molar-refractivity contribution in [2.75, 3.05) is 19.7 Å². The van der Waals surface area contributed by atoms with Crippen LogP contribution in [0.1, 0.15) is 6.92 Å². The van der Waals surface area contributed by atoms with E-state index >= 15 is 0 Å². The minimum atomic E-state index is -1.20. The van der Waals surface area contributed by atoms with Crippen molar-refractivity contribution < 1.29 is 30.0 Å². The number of aliphatic carboxylic acids is 1. The lowest BCUT2D eigenvalue weighted by Crippen LogP contribution is -2.58. The lowest BCUT2D eigenvalue weighted by molar-refractivity contribution is -0.133. The van der Waals surface area contributed by atoms with E-state index in [0.717, 1.165) is 6.08 Å². The highest BCUT2D eigenvalue weighted by Crippen LogP contribution is 2.16. The summed E-state index contributed by atoms with van der Waals surface area (Å²) in [5.41, 5.74) is -0.0285. The summed E-state index contributed by atoms with van der Waals surface area (Å²) in [6.45, 7) is 0.660. The molecular formula is C11H18N2O6. The molecule has 0 bridgehead atoms. The summed E-state index contributed by atoms with van der Waals surface area (Å²) < 4.78 is 0. The first-order valence-corrected chi connectivity index (χ1v) is 5.77. The van der Waals surface area contributed by atoms with Gasteiger partial charge in [-0.3, -0.25) is 9.69 Å². The van der Waals surface area contributed by atoms with E-state index in [1.807, 2.05) is 0 Å². The van der Waals surface area contributed by atoms with Crippen LogP contribution in [0.15, 0.2) is 11.6 Å². The van der Waals surface area contributed by atoms with Crippen molar-refractivity contribution in [3.8, 4) is 0 Å². The van der Waals surface area contributed by atoms with E-state index in [1.165, 1.54) is 11.8 Å². The third-order valence-corrected chi connectivity index (χ3v) is 2.74. The Hall–Kier alpha value is -1.48. The standard InChI is InChI=1S/C11H18N2O6/c1-6(15)12-10-9(17)2-7(11(18)19)3-13(10)4-8(16)5-14/h2,8-10,14,16-17H,3-5H2,1H3,(H,12,15)(H,18,19)/t8-,9-,10-/m0/s1. The number of carboxylic acid groups (broad SMARTS) is 1. The molecule has 5 N–H and O–H groups in total. The Balaban J connectivity index is 2.90. The van der Waals surface area contributed by atoms with Crippen LogP contribution >= 0.6 is 0 Å². The number of amides is 1. The lowest BCUT2D eigenvalue weighted by atomic mass is 10.0. The molecule has 0 spiro atoms. The first-order valence-electron chi connectivity index (χ1n) is 5.77. The van der Waals surface area contributed by atoms with Crippen LogP contribution in [0.2, 0.25) is 0 Å². The van der Waals surface area contributed by atoms with Crippen LogP contribution in [0.5, 0.6) is 0 Å². The van der Waals surface area contributed by atoms with Crippen LogP contribution in [0.4, 0.5) is 0 Å². The zero-order chi connectivity index (χ0) is 14.6. The smallest absolute Gasteiger partial charge is 0.332 e. The van der Waals surface area contributed by atoms with Crippen molar-refractivity contribution in [2.45, 2.75) is 25.3 Å². The molecule has 0 unspecified atom stereocenters. The molecule has 108 valence electrons. The van der Waals surface area contributed by atoms with Crippen LogP contribution in [-0.2, 0) is 9.59 Å². The normalized spacial score (nSPS) is 25.6. The summed E-state index contributed by atoms with van der Waals surface area (Å²) in [6.07, 6.45) is -1.96. The van der Waals surface area contributed by atoms with Gasteiger partial charge in [0, 0.05) is 25.6 Å². The summed E-state index contributed by atoms with van der Waals surface area (Å²) in [7, 11) is 0. The molecule has 0 saturated heterocycles. The number of carbonyl (C=O) groups excluding carboxylic acids is 1. The maximum atomic E-state index is 11.1. The fraction of sp³-hybridized carbons (Fsp3) is 0.636. The Bertz CT molecular complexity index is 383. The van der Waals surface area contributed by atoms with Crippen molar-refractivity contribution in [1.29, 1.82) is 0 Å². The molecule has 0 aromatic rings. The second-order valence-electron chi connectivity index (χ2n) is 4.40. The number of rotatable bonds is 5. The highest BCUT2D eigenvalue weighted by Gasteiger charge is 2.33. The summed E-state index contributed by atoms with van der Waals surface area (Å²) in [5, 5.41) is 39.5. The monoisotopic (exact) mass is 274 g/mol. The molecule has 1 rings (SSSR count). The number of carbonyl (C=O) groups is 2. The predicted octanol–water partition coefficient (Wildman–Crippen LogP) is -2.51. The number of aliphatic hydroxyl groups is 3. The van der Waals surface area contributed by atoms with E-state index < -0.39 is 30.9 Å². The van der Waals surface area contributed by atoms with Gasteiger partial charge >= 0.3 is 5.97 Å². The van der Waals surface area contributed by atoms with Gasteiger partial charge in [0.15, 0.2) is 0 Å². The van der Waals surface area contributed by atoms with Gasteiger partial charge in [-0.25, -0.2) is 4.79 Å². The topological polar surface area (TPSA) is 130 Å². The van der Waals surface area contributed by atoms with Crippen LogP contribution in [0.25, 0.3) is 0 Å². The Morgan fingerprint density at radius 3 is 2.68 bits per heavy atom. The SMILES string of the molecule is CC(=O)N[C@@H]1[C@@H](O)C=C(C(=O)O)CN1C[C@H](O)CO. The Labute approximate surface area is 110 Å².